The molecule has 2 aromatic rings. The lowest BCUT2D eigenvalue weighted by Crippen LogP contribution is -2.53. The van der Waals surface area contributed by atoms with E-state index in [1.54, 1.807) is 11.6 Å². The summed E-state index contributed by atoms with van der Waals surface area (Å²) in [6, 6.07) is 10.1. The van der Waals surface area contributed by atoms with Crippen LogP contribution in [-0.2, 0) is 4.74 Å². The molecule has 94 valence electrons. The Morgan fingerprint density at radius 2 is 2.06 bits per heavy atom. The second kappa shape index (κ2) is 5.04. The maximum Gasteiger partial charge on any atom is 0.461 e. The summed E-state index contributed by atoms with van der Waals surface area (Å²) < 4.78 is 6.65. The molecular formula is C14H17N2O2+. The van der Waals surface area contributed by atoms with E-state index in [1.807, 2.05) is 38.1 Å². The van der Waals surface area contributed by atoms with Gasteiger partial charge in [0.2, 0.25) is 11.4 Å². The van der Waals surface area contributed by atoms with E-state index in [2.05, 4.69) is 11.5 Å². The maximum absolute atomic E-state index is 11.5. The van der Waals surface area contributed by atoms with Crippen molar-refractivity contribution in [2.75, 3.05) is 12.0 Å². The summed E-state index contributed by atoms with van der Waals surface area (Å²) in [6.07, 6.45) is -0.441. The zero-order valence-electron chi connectivity index (χ0n) is 10.9. The summed E-state index contributed by atoms with van der Waals surface area (Å²) in [5.41, 5.74) is 4.67. The molecule has 0 unspecified atom stereocenters. The summed E-state index contributed by atoms with van der Waals surface area (Å²) in [7, 11) is 0. The van der Waals surface area contributed by atoms with E-state index in [9.17, 15) is 4.79 Å². The Bertz CT molecular complexity index is 594. The number of nitrogens with one attached hydrogen (secondary N) is 1. The number of amides is 1. The van der Waals surface area contributed by atoms with Gasteiger partial charge in [-0.2, -0.15) is 0 Å². The maximum atomic E-state index is 11.5. The molecule has 1 N–H and O–H groups in total. The van der Waals surface area contributed by atoms with Gasteiger partial charge in [0.25, 0.3) is 0 Å². The van der Waals surface area contributed by atoms with Crippen LogP contribution in [0, 0.1) is 13.8 Å². The topological polar surface area (TPSA) is 42.2 Å². The third-order valence-corrected chi connectivity index (χ3v) is 2.88. The number of aromatic nitrogens is 1. The lowest BCUT2D eigenvalue weighted by molar-refractivity contribution is -0.653. The number of fused-ring (bicyclic) bond motifs is 1. The van der Waals surface area contributed by atoms with Gasteiger partial charge in [-0.05, 0) is 18.4 Å². The molecule has 4 heteroatoms. The van der Waals surface area contributed by atoms with Gasteiger partial charge in [-0.1, -0.05) is 28.3 Å². The Morgan fingerprint density at radius 3 is 2.78 bits per heavy atom. The van der Waals surface area contributed by atoms with Crippen LogP contribution in [0.4, 0.5) is 4.79 Å². The summed E-state index contributed by atoms with van der Waals surface area (Å²) >= 11 is 0. The molecule has 2 rings (SSSR count). The van der Waals surface area contributed by atoms with Crippen molar-refractivity contribution < 1.29 is 14.2 Å². The van der Waals surface area contributed by atoms with E-state index >= 15 is 0 Å². The van der Waals surface area contributed by atoms with Crippen LogP contribution in [0.5, 0.6) is 0 Å². The Balaban J connectivity index is 2.47. The molecule has 0 saturated carbocycles. The SMILES string of the molecule is CCOC(=O)N[n+]1c(C)cc2ccccc2c1C. The van der Waals surface area contributed by atoms with Gasteiger partial charge in [0, 0.05) is 19.9 Å². The Kier molecular flexibility index (Phi) is 3.46. The lowest BCUT2D eigenvalue weighted by atomic mass is 10.1. The van der Waals surface area contributed by atoms with Crippen LogP contribution in [0.1, 0.15) is 18.3 Å². The molecule has 0 radical (unpaired) electrons. The van der Waals surface area contributed by atoms with Gasteiger partial charge in [-0.15, -0.1) is 0 Å². The minimum Gasteiger partial charge on any atom is -0.446 e. The Hall–Kier alpha value is -2.10. The molecule has 1 heterocycles. The van der Waals surface area contributed by atoms with Crippen molar-refractivity contribution in [2.45, 2.75) is 20.8 Å². The third-order valence-electron chi connectivity index (χ3n) is 2.88. The first-order chi connectivity index (χ1) is 8.63. The highest BCUT2D eigenvalue weighted by molar-refractivity contribution is 5.84. The largest absolute Gasteiger partial charge is 0.461 e. The fraction of sp³-hybridized carbons (Fsp3) is 0.286. The standard InChI is InChI=1S/C14H16N2O2/c1-4-18-14(17)15-16-10(2)9-12-7-5-6-8-13(12)11(16)3/h5-9H,4H2,1-3H3/p+1. The molecule has 0 aliphatic rings. The van der Waals surface area contributed by atoms with E-state index in [4.69, 9.17) is 4.74 Å². The second-order valence-corrected chi connectivity index (χ2v) is 4.13. The van der Waals surface area contributed by atoms with E-state index in [0.29, 0.717) is 6.61 Å². The predicted octanol–water partition coefficient (Wildman–Crippen LogP) is 2.44. The molecule has 0 aliphatic heterocycles. The smallest absolute Gasteiger partial charge is 0.446 e. The molecule has 0 fully saturated rings. The molecule has 1 amide bonds. The number of aryl methyl sites for hydroxylation is 2. The fourth-order valence-corrected chi connectivity index (χ4v) is 2.05. The molecule has 0 saturated heterocycles. The summed E-state index contributed by atoms with van der Waals surface area (Å²) in [6.45, 7) is 6.07. The zero-order valence-corrected chi connectivity index (χ0v) is 10.9. The Morgan fingerprint density at radius 1 is 1.33 bits per heavy atom. The zero-order chi connectivity index (χ0) is 13.1. The number of hydrogen-bond donors (Lipinski definition) is 1. The number of nitrogens with zero attached hydrogens (tertiary/aromatic N) is 1. The normalized spacial score (nSPS) is 10.4. The average molecular weight is 245 g/mol. The van der Waals surface area contributed by atoms with Crippen molar-refractivity contribution >= 4 is 16.9 Å². The predicted molar refractivity (Wildman–Crippen MR) is 70.0 cm³/mol. The van der Waals surface area contributed by atoms with Gasteiger partial charge in [0.15, 0.2) is 0 Å². The lowest BCUT2D eigenvalue weighted by Gasteiger charge is -2.07. The van der Waals surface area contributed by atoms with Crippen molar-refractivity contribution in [2.24, 2.45) is 0 Å². The minimum absolute atomic E-state index is 0.359. The average Bonchev–Trinajstić information content (AvgIpc) is 2.35. The van der Waals surface area contributed by atoms with Gasteiger partial charge >= 0.3 is 6.09 Å². The monoisotopic (exact) mass is 245 g/mol. The molecule has 1 aromatic carbocycles. The van der Waals surface area contributed by atoms with Crippen molar-refractivity contribution in [3.63, 3.8) is 0 Å². The minimum atomic E-state index is -0.441. The highest BCUT2D eigenvalue weighted by Crippen LogP contribution is 2.15. The third kappa shape index (κ3) is 2.27. The van der Waals surface area contributed by atoms with Gasteiger partial charge in [-0.3, -0.25) is 0 Å². The molecule has 0 spiro atoms. The number of carbonyl (C=O) groups excluding carboxylic acids is 1. The van der Waals surface area contributed by atoms with E-state index in [1.165, 1.54) is 0 Å². The number of hydrogen-bond acceptors (Lipinski definition) is 2. The van der Waals surface area contributed by atoms with Crippen LogP contribution in [0.3, 0.4) is 0 Å². The van der Waals surface area contributed by atoms with Crippen LogP contribution in [0.15, 0.2) is 30.3 Å². The summed E-state index contributed by atoms with van der Waals surface area (Å²) in [5, 5.41) is 2.27. The number of carbonyl (C=O) groups is 1. The van der Waals surface area contributed by atoms with E-state index in [-0.39, 0.29) is 0 Å². The Labute approximate surface area is 106 Å². The van der Waals surface area contributed by atoms with E-state index < -0.39 is 6.09 Å². The van der Waals surface area contributed by atoms with Crippen LogP contribution in [0.25, 0.3) is 10.8 Å². The van der Waals surface area contributed by atoms with Crippen LogP contribution in [0.2, 0.25) is 0 Å². The van der Waals surface area contributed by atoms with Crippen molar-refractivity contribution in [3.05, 3.63) is 41.7 Å². The van der Waals surface area contributed by atoms with Gasteiger partial charge < -0.3 is 4.74 Å². The number of ether oxygens (including phenoxy) is 1. The summed E-state index contributed by atoms with van der Waals surface area (Å²) in [5.74, 6) is 0. The van der Waals surface area contributed by atoms with Gasteiger partial charge in [-0.25, -0.2) is 4.79 Å². The second-order valence-electron chi connectivity index (χ2n) is 4.13. The fourth-order valence-electron chi connectivity index (χ4n) is 2.05. The van der Waals surface area contributed by atoms with Crippen molar-refractivity contribution in [1.29, 1.82) is 0 Å². The molecule has 0 aliphatic carbocycles. The first-order valence-electron chi connectivity index (χ1n) is 5.98. The van der Waals surface area contributed by atoms with Crippen LogP contribution >= 0.6 is 0 Å². The molecule has 4 nitrogen and oxygen atoms in total. The van der Waals surface area contributed by atoms with Gasteiger partial charge in [0.1, 0.15) is 0 Å². The summed E-state index contributed by atoms with van der Waals surface area (Å²) in [4.78, 5) is 11.5. The highest BCUT2D eigenvalue weighted by atomic mass is 16.5. The van der Waals surface area contributed by atoms with Gasteiger partial charge in [0.05, 0.1) is 12.0 Å². The van der Waals surface area contributed by atoms with Crippen LogP contribution < -0.4 is 10.1 Å². The van der Waals surface area contributed by atoms with E-state index in [0.717, 1.165) is 22.2 Å². The quantitative estimate of drug-likeness (QED) is 0.826. The molecular weight excluding hydrogens is 228 g/mol. The number of benzene rings is 1. The molecule has 18 heavy (non-hydrogen) atoms. The van der Waals surface area contributed by atoms with Crippen molar-refractivity contribution in [3.8, 4) is 0 Å². The number of pyridine rings is 1. The first-order valence-corrected chi connectivity index (χ1v) is 5.98. The molecule has 0 bridgehead atoms. The molecule has 0 atom stereocenters. The first kappa shape index (κ1) is 12.4. The molecule has 1 aromatic heterocycles. The highest BCUT2D eigenvalue weighted by Gasteiger charge is 2.18. The van der Waals surface area contributed by atoms with Crippen LogP contribution in [-0.4, -0.2) is 12.7 Å². The van der Waals surface area contributed by atoms with Crippen molar-refractivity contribution in [1.82, 2.24) is 0 Å². The number of rotatable bonds is 2.